The number of hydrogen-bond acceptors (Lipinski definition) is 3. The molecule has 0 radical (unpaired) electrons. The summed E-state index contributed by atoms with van der Waals surface area (Å²) in [7, 11) is 0. The highest BCUT2D eigenvalue weighted by atomic mass is 16.4. The van der Waals surface area contributed by atoms with Gasteiger partial charge >= 0.3 is 5.97 Å². The third-order valence-corrected chi connectivity index (χ3v) is 2.30. The molecule has 0 aliphatic rings. The van der Waals surface area contributed by atoms with Crippen molar-refractivity contribution < 1.29 is 14.7 Å². The van der Waals surface area contributed by atoms with Crippen LogP contribution in [0.1, 0.15) is 34.6 Å². The molecule has 0 aromatic rings. The average Bonchev–Trinajstić information content (AvgIpc) is 2.01. The van der Waals surface area contributed by atoms with Crippen LogP contribution in [0.2, 0.25) is 0 Å². The second kappa shape index (κ2) is 4.04. The number of carboxylic acids is 1. The van der Waals surface area contributed by atoms with Crippen molar-refractivity contribution in [2.45, 2.75) is 34.6 Å². The molecular weight excluding hydrogens is 194 g/mol. The van der Waals surface area contributed by atoms with Crippen LogP contribution in [0.3, 0.4) is 0 Å². The lowest BCUT2D eigenvalue weighted by atomic mass is 9.84. The molecule has 4 nitrogen and oxygen atoms in total. The number of carboxylic acid groups (broad SMARTS) is 1. The number of ketones is 1. The van der Waals surface area contributed by atoms with Gasteiger partial charge in [-0.2, -0.15) is 0 Å². The molecule has 0 saturated carbocycles. The van der Waals surface area contributed by atoms with Gasteiger partial charge in [-0.1, -0.05) is 20.8 Å². The highest BCUT2D eigenvalue weighted by Gasteiger charge is 2.35. The van der Waals surface area contributed by atoms with Crippen LogP contribution in [0.5, 0.6) is 0 Å². The van der Waals surface area contributed by atoms with Gasteiger partial charge in [0.2, 0.25) is 0 Å². The fraction of sp³-hybridized carbons (Fsp3) is 0.636. The number of hydrogen-bond donors (Lipinski definition) is 2. The van der Waals surface area contributed by atoms with Gasteiger partial charge in [0.25, 0.3) is 0 Å². The standard InChI is InChI=1S/C11H19NO3/c1-10(2,3)7(12)6-8(13)11(4,5)9(14)15/h6H,12H2,1-5H3,(H,14,15). The van der Waals surface area contributed by atoms with Crippen LogP contribution < -0.4 is 5.73 Å². The van der Waals surface area contributed by atoms with E-state index in [0.29, 0.717) is 5.70 Å². The molecule has 0 aliphatic carbocycles. The van der Waals surface area contributed by atoms with E-state index < -0.39 is 17.2 Å². The third kappa shape index (κ3) is 3.38. The molecule has 0 heterocycles. The van der Waals surface area contributed by atoms with Gasteiger partial charge in [0.1, 0.15) is 5.41 Å². The molecular formula is C11H19NO3. The topological polar surface area (TPSA) is 80.4 Å². The molecule has 15 heavy (non-hydrogen) atoms. The van der Waals surface area contributed by atoms with Crippen molar-refractivity contribution in [3.63, 3.8) is 0 Å². The van der Waals surface area contributed by atoms with E-state index in [4.69, 9.17) is 10.8 Å². The van der Waals surface area contributed by atoms with Gasteiger partial charge in [-0.15, -0.1) is 0 Å². The first-order chi connectivity index (χ1) is 6.49. The highest BCUT2D eigenvalue weighted by molar-refractivity contribution is 6.08. The maximum atomic E-state index is 11.6. The molecule has 4 heteroatoms. The first kappa shape index (κ1) is 13.7. The second-order valence-corrected chi connectivity index (χ2v) is 5.14. The second-order valence-electron chi connectivity index (χ2n) is 5.14. The Morgan fingerprint density at radius 3 is 1.80 bits per heavy atom. The van der Waals surface area contributed by atoms with E-state index in [0.717, 1.165) is 0 Å². The van der Waals surface area contributed by atoms with E-state index in [1.165, 1.54) is 19.9 Å². The summed E-state index contributed by atoms with van der Waals surface area (Å²) in [6.45, 7) is 8.31. The summed E-state index contributed by atoms with van der Waals surface area (Å²) < 4.78 is 0. The zero-order chi connectivity index (χ0) is 12.4. The summed E-state index contributed by atoms with van der Waals surface area (Å²) in [6, 6.07) is 0. The quantitative estimate of drug-likeness (QED) is 0.550. The molecule has 0 rings (SSSR count). The highest BCUT2D eigenvalue weighted by Crippen LogP contribution is 2.24. The number of nitrogens with two attached hydrogens (primary N) is 1. The molecule has 3 N–H and O–H groups in total. The normalized spacial score (nSPS) is 13.8. The molecule has 0 aromatic heterocycles. The van der Waals surface area contributed by atoms with E-state index >= 15 is 0 Å². The van der Waals surface area contributed by atoms with E-state index in [1.54, 1.807) is 0 Å². The van der Waals surface area contributed by atoms with Gasteiger partial charge in [-0.25, -0.2) is 0 Å². The van der Waals surface area contributed by atoms with E-state index in [9.17, 15) is 9.59 Å². The van der Waals surface area contributed by atoms with Crippen LogP contribution >= 0.6 is 0 Å². The van der Waals surface area contributed by atoms with Crippen molar-refractivity contribution >= 4 is 11.8 Å². The average molecular weight is 213 g/mol. The molecule has 0 bridgehead atoms. The lowest BCUT2D eigenvalue weighted by Crippen LogP contribution is -2.33. The maximum Gasteiger partial charge on any atom is 0.316 e. The molecule has 0 saturated heterocycles. The molecule has 0 atom stereocenters. The third-order valence-electron chi connectivity index (χ3n) is 2.30. The summed E-state index contributed by atoms with van der Waals surface area (Å²) in [5.74, 6) is -1.63. The summed E-state index contributed by atoms with van der Waals surface area (Å²) >= 11 is 0. The molecule has 0 fully saturated rings. The van der Waals surface area contributed by atoms with Gasteiger partial charge in [0, 0.05) is 17.2 Å². The smallest absolute Gasteiger partial charge is 0.316 e. The summed E-state index contributed by atoms with van der Waals surface area (Å²) in [4.78, 5) is 22.4. The maximum absolute atomic E-state index is 11.6. The minimum Gasteiger partial charge on any atom is -0.481 e. The van der Waals surface area contributed by atoms with Gasteiger partial charge in [-0.05, 0) is 13.8 Å². The van der Waals surface area contributed by atoms with Gasteiger partial charge in [-0.3, -0.25) is 9.59 Å². The van der Waals surface area contributed by atoms with Crippen LogP contribution in [0.15, 0.2) is 11.8 Å². The largest absolute Gasteiger partial charge is 0.481 e. The predicted molar refractivity (Wildman–Crippen MR) is 58.1 cm³/mol. The Hall–Kier alpha value is -1.32. The molecule has 0 aromatic carbocycles. The lowest BCUT2D eigenvalue weighted by molar-refractivity contribution is -0.151. The van der Waals surface area contributed by atoms with Crippen LogP contribution in [-0.4, -0.2) is 16.9 Å². The Balaban J connectivity index is 5.01. The van der Waals surface area contributed by atoms with E-state index in [-0.39, 0.29) is 5.41 Å². The fourth-order valence-electron chi connectivity index (χ4n) is 0.644. The first-order valence-corrected chi connectivity index (χ1v) is 4.75. The fourth-order valence-corrected chi connectivity index (χ4v) is 0.644. The predicted octanol–water partition coefficient (Wildman–Crippen LogP) is 1.56. The molecule has 0 aliphatic heterocycles. The first-order valence-electron chi connectivity index (χ1n) is 4.75. The van der Waals surface area contributed by atoms with Crippen molar-refractivity contribution in [3.05, 3.63) is 11.8 Å². The number of carbonyl (C=O) groups excluding carboxylic acids is 1. The van der Waals surface area contributed by atoms with Gasteiger partial charge in [0.05, 0.1) is 0 Å². The SMILES string of the molecule is CC(C)(C)C(N)=CC(=O)C(C)(C)C(=O)O. The van der Waals surface area contributed by atoms with Crippen molar-refractivity contribution in [1.82, 2.24) is 0 Å². The van der Waals surface area contributed by atoms with Crippen molar-refractivity contribution in [1.29, 1.82) is 0 Å². The zero-order valence-corrected chi connectivity index (χ0v) is 9.92. The molecule has 0 spiro atoms. The number of aliphatic carboxylic acids is 1. The van der Waals surface area contributed by atoms with Crippen LogP contribution in [0.25, 0.3) is 0 Å². The number of allylic oxidation sites excluding steroid dienone is 2. The van der Waals surface area contributed by atoms with Gasteiger partial charge < -0.3 is 10.8 Å². The Kier molecular flexibility index (Phi) is 3.69. The van der Waals surface area contributed by atoms with Gasteiger partial charge in [0.15, 0.2) is 5.78 Å². The van der Waals surface area contributed by atoms with Crippen LogP contribution in [0.4, 0.5) is 0 Å². The summed E-state index contributed by atoms with van der Waals surface area (Å²) in [5.41, 5.74) is 4.34. The zero-order valence-electron chi connectivity index (χ0n) is 9.92. The summed E-state index contributed by atoms with van der Waals surface area (Å²) in [5, 5.41) is 8.84. The van der Waals surface area contributed by atoms with Crippen molar-refractivity contribution in [3.8, 4) is 0 Å². The number of carbonyl (C=O) groups is 2. The molecule has 86 valence electrons. The van der Waals surface area contributed by atoms with Crippen molar-refractivity contribution in [2.24, 2.45) is 16.6 Å². The van der Waals surface area contributed by atoms with Crippen LogP contribution in [-0.2, 0) is 9.59 Å². The lowest BCUT2D eigenvalue weighted by Gasteiger charge is -2.21. The monoisotopic (exact) mass is 213 g/mol. The minimum absolute atomic E-state index is 0.329. The molecule has 0 unspecified atom stereocenters. The Morgan fingerprint density at radius 1 is 1.13 bits per heavy atom. The Labute approximate surface area is 90.2 Å². The van der Waals surface area contributed by atoms with E-state index in [2.05, 4.69) is 0 Å². The Bertz CT molecular complexity index is 308. The number of rotatable bonds is 3. The van der Waals surface area contributed by atoms with Crippen LogP contribution in [0, 0.1) is 10.8 Å². The van der Waals surface area contributed by atoms with E-state index in [1.807, 2.05) is 20.8 Å². The minimum atomic E-state index is -1.42. The van der Waals surface area contributed by atoms with Crippen molar-refractivity contribution in [2.75, 3.05) is 0 Å². The Morgan fingerprint density at radius 2 is 1.53 bits per heavy atom. The summed E-state index contributed by atoms with van der Waals surface area (Å²) in [6.07, 6.45) is 1.22. The molecule has 0 amide bonds.